The smallest absolute Gasteiger partial charge is 0.336 e. The lowest BCUT2D eigenvalue weighted by Gasteiger charge is -2.21. The zero-order chi connectivity index (χ0) is 20.1. The molecule has 0 aliphatic carbocycles. The molecule has 0 unspecified atom stereocenters. The molecule has 3 rings (SSSR count). The minimum absolute atomic E-state index is 0.0397. The van der Waals surface area contributed by atoms with Gasteiger partial charge < -0.3 is 19.4 Å². The Balaban J connectivity index is 1.87. The van der Waals surface area contributed by atoms with Crippen LogP contribution in [0.25, 0.3) is 11.0 Å². The fourth-order valence-corrected chi connectivity index (χ4v) is 3.16. The second-order valence-corrected chi connectivity index (χ2v) is 6.50. The van der Waals surface area contributed by atoms with Crippen molar-refractivity contribution in [3.8, 4) is 5.75 Å². The lowest BCUT2D eigenvalue weighted by Crippen LogP contribution is -2.28. The molecule has 0 radical (unpaired) electrons. The van der Waals surface area contributed by atoms with Crippen LogP contribution in [0.15, 0.2) is 57.7 Å². The molecule has 0 aliphatic heterocycles. The largest absolute Gasteiger partial charge is 0.497 e. The first-order valence-electron chi connectivity index (χ1n) is 9.20. The molecule has 0 bridgehead atoms. The molecule has 6 nitrogen and oxygen atoms in total. The summed E-state index contributed by atoms with van der Waals surface area (Å²) in [6.45, 7) is 5.17. The van der Waals surface area contributed by atoms with Crippen molar-refractivity contribution >= 4 is 22.6 Å². The number of para-hydroxylation sites is 1. The van der Waals surface area contributed by atoms with Crippen LogP contribution in [0.4, 0.5) is 5.69 Å². The first-order chi connectivity index (χ1) is 13.5. The quantitative estimate of drug-likeness (QED) is 0.632. The van der Waals surface area contributed by atoms with E-state index in [4.69, 9.17) is 9.15 Å². The zero-order valence-electron chi connectivity index (χ0n) is 16.3. The third-order valence-electron chi connectivity index (χ3n) is 4.71. The molecule has 0 saturated heterocycles. The number of nitrogens with zero attached hydrogens (tertiary/aromatic N) is 1. The number of carbonyl (C=O) groups is 1. The highest BCUT2D eigenvalue weighted by atomic mass is 16.5. The summed E-state index contributed by atoms with van der Waals surface area (Å²) in [6.07, 6.45) is 0. The summed E-state index contributed by atoms with van der Waals surface area (Å²) in [7, 11) is 1.57. The highest BCUT2D eigenvalue weighted by Gasteiger charge is 2.11. The van der Waals surface area contributed by atoms with Gasteiger partial charge >= 0.3 is 5.63 Å². The lowest BCUT2D eigenvalue weighted by atomic mass is 10.1. The van der Waals surface area contributed by atoms with Gasteiger partial charge in [0.2, 0.25) is 5.91 Å². The number of methoxy groups -OCH3 is 1. The number of fused-ring (bicyclic) bond motifs is 1. The summed E-state index contributed by atoms with van der Waals surface area (Å²) in [5, 5.41) is 4.25. The number of amides is 1. The van der Waals surface area contributed by atoms with Crippen LogP contribution in [-0.2, 0) is 17.9 Å². The van der Waals surface area contributed by atoms with Crippen molar-refractivity contribution in [3.63, 3.8) is 0 Å². The van der Waals surface area contributed by atoms with Gasteiger partial charge in [0, 0.05) is 49.8 Å². The number of benzene rings is 2. The number of ether oxygens (including phenoxy) is 1. The number of anilines is 1. The van der Waals surface area contributed by atoms with Crippen molar-refractivity contribution in [1.29, 1.82) is 0 Å². The molecule has 0 saturated carbocycles. The Morgan fingerprint density at radius 2 is 1.93 bits per heavy atom. The Bertz CT molecular complexity index is 1040. The fraction of sp³-hybridized carbons (Fsp3) is 0.273. The molecule has 3 aromatic rings. The van der Waals surface area contributed by atoms with E-state index >= 15 is 0 Å². The predicted octanol–water partition coefficient (Wildman–Crippen LogP) is 3.78. The zero-order valence-corrected chi connectivity index (χ0v) is 16.3. The van der Waals surface area contributed by atoms with Gasteiger partial charge in [-0.25, -0.2) is 4.79 Å². The van der Waals surface area contributed by atoms with E-state index in [0.29, 0.717) is 31.0 Å². The van der Waals surface area contributed by atoms with Crippen LogP contribution in [0.1, 0.15) is 25.0 Å². The third kappa shape index (κ3) is 4.34. The van der Waals surface area contributed by atoms with E-state index in [1.807, 2.05) is 43.3 Å². The van der Waals surface area contributed by atoms with Gasteiger partial charge in [-0.3, -0.25) is 4.79 Å². The van der Waals surface area contributed by atoms with Crippen LogP contribution in [-0.4, -0.2) is 24.5 Å². The summed E-state index contributed by atoms with van der Waals surface area (Å²) in [4.78, 5) is 25.5. The maximum absolute atomic E-state index is 12.0. The topological polar surface area (TPSA) is 71.8 Å². The molecule has 0 fully saturated rings. The number of hydrogen-bond donors (Lipinski definition) is 1. The first-order valence-corrected chi connectivity index (χ1v) is 9.20. The summed E-state index contributed by atoms with van der Waals surface area (Å²) in [5.41, 5.74) is 2.87. The van der Waals surface area contributed by atoms with Crippen LogP contribution in [0.2, 0.25) is 0 Å². The fourth-order valence-electron chi connectivity index (χ4n) is 3.16. The van der Waals surface area contributed by atoms with Crippen LogP contribution < -0.4 is 15.7 Å². The minimum atomic E-state index is -0.403. The van der Waals surface area contributed by atoms with E-state index in [1.54, 1.807) is 25.0 Å². The molecular formula is C22H24N2O4. The summed E-state index contributed by atoms with van der Waals surface area (Å²) < 4.78 is 10.5. The van der Waals surface area contributed by atoms with E-state index in [2.05, 4.69) is 5.32 Å². The Kier molecular flexibility index (Phi) is 5.99. The molecule has 1 amide bonds. The maximum Gasteiger partial charge on any atom is 0.336 e. The Morgan fingerprint density at radius 3 is 2.64 bits per heavy atom. The van der Waals surface area contributed by atoms with Crippen LogP contribution in [0, 0.1) is 0 Å². The number of nitrogens with one attached hydrogen (secondary N) is 1. The van der Waals surface area contributed by atoms with Gasteiger partial charge in [0.15, 0.2) is 0 Å². The average molecular weight is 380 g/mol. The molecule has 2 aromatic carbocycles. The van der Waals surface area contributed by atoms with Gasteiger partial charge in [0.25, 0.3) is 0 Å². The molecule has 146 valence electrons. The monoisotopic (exact) mass is 380 g/mol. The molecule has 1 N–H and O–H groups in total. The van der Waals surface area contributed by atoms with Gasteiger partial charge in [-0.05, 0) is 36.2 Å². The lowest BCUT2D eigenvalue weighted by molar-refractivity contribution is -0.129. The van der Waals surface area contributed by atoms with Gasteiger partial charge in [0.05, 0.1) is 7.11 Å². The molecule has 1 heterocycles. The van der Waals surface area contributed by atoms with Crippen molar-refractivity contribution in [2.24, 2.45) is 0 Å². The molecule has 1 aromatic heterocycles. The van der Waals surface area contributed by atoms with Crippen LogP contribution in [0.5, 0.6) is 5.75 Å². The van der Waals surface area contributed by atoms with Crippen molar-refractivity contribution < 1.29 is 13.9 Å². The first kappa shape index (κ1) is 19.5. The minimum Gasteiger partial charge on any atom is -0.497 e. The maximum atomic E-state index is 12.0. The van der Waals surface area contributed by atoms with Gasteiger partial charge in [-0.15, -0.1) is 0 Å². The molecule has 0 spiro atoms. The Morgan fingerprint density at radius 1 is 1.14 bits per heavy atom. The third-order valence-corrected chi connectivity index (χ3v) is 4.71. The normalized spacial score (nSPS) is 10.7. The van der Waals surface area contributed by atoms with Gasteiger partial charge in [-0.1, -0.05) is 18.2 Å². The van der Waals surface area contributed by atoms with Crippen LogP contribution >= 0.6 is 0 Å². The molecule has 0 aliphatic rings. The highest BCUT2D eigenvalue weighted by molar-refractivity contribution is 5.82. The van der Waals surface area contributed by atoms with E-state index in [-0.39, 0.29) is 5.91 Å². The number of hydrogen-bond acceptors (Lipinski definition) is 5. The van der Waals surface area contributed by atoms with E-state index < -0.39 is 5.63 Å². The Labute approximate surface area is 163 Å². The molecule has 28 heavy (non-hydrogen) atoms. The SMILES string of the molecule is CCN(Cc1ccccc1NCc1cc(=O)oc2cc(OC)ccc12)C(C)=O. The standard InChI is InChI=1S/C22H24N2O4/c1-4-24(15(2)25)14-16-7-5-6-8-20(16)23-13-17-11-22(26)28-21-12-18(27-3)9-10-19(17)21/h5-12,23H,4,13-14H2,1-3H3. The summed E-state index contributed by atoms with van der Waals surface area (Å²) in [6, 6.07) is 14.8. The van der Waals surface area contributed by atoms with Gasteiger partial charge in [-0.2, -0.15) is 0 Å². The van der Waals surface area contributed by atoms with Crippen molar-refractivity contribution in [3.05, 3.63) is 70.1 Å². The molecule has 0 atom stereocenters. The highest BCUT2D eigenvalue weighted by Crippen LogP contribution is 2.24. The average Bonchev–Trinajstić information content (AvgIpc) is 2.69. The van der Waals surface area contributed by atoms with Crippen molar-refractivity contribution in [2.45, 2.75) is 26.9 Å². The Hall–Kier alpha value is -3.28. The second-order valence-electron chi connectivity index (χ2n) is 6.50. The van der Waals surface area contributed by atoms with Crippen molar-refractivity contribution in [1.82, 2.24) is 4.90 Å². The summed E-state index contributed by atoms with van der Waals surface area (Å²) >= 11 is 0. The van der Waals surface area contributed by atoms with E-state index in [0.717, 1.165) is 22.2 Å². The number of carbonyl (C=O) groups excluding carboxylic acids is 1. The predicted molar refractivity (Wildman–Crippen MR) is 110 cm³/mol. The van der Waals surface area contributed by atoms with E-state index in [1.165, 1.54) is 6.07 Å². The second kappa shape index (κ2) is 8.61. The van der Waals surface area contributed by atoms with E-state index in [9.17, 15) is 9.59 Å². The van der Waals surface area contributed by atoms with Gasteiger partial charge in [0.1, 0.15) is 11.3 Å². The molecular weight excluding hydrogens is 356 g/mol. The summed E-state index contributed by atoms with van der Waals surface area (Å²) in [5.74, 6) is 0.674. The van der Waals surface area contributed by atoms with Crippen molar-refractivity contribution in [2.75, 3.05) is 19.0 Å². The van der Waals surface area contributed by atoms with Crippen LogP contribution in [0.3, 0.4) is 0 Å². The number of rotatable bonds is 7. The molecule has 6 heteroatoms.